The molecule has 1 aliphatic carbocycles. The van der Waals surface area contributed by atoms with Crippen LogP contribution in [0.5, 0.6) is 0 Å². The van der Waals surface area contributed by atoms with E-state index < -0.39 is 12.7 Å². The van der Waals surface area contributed by atoms with Gasteiger partial charge in [0.05, 0.1) is 5.69 Å². The van der Waals surface area contributed by atoms with Gasteiger partial charge in [-0.05, 0) is 46.5 Å². The molecule has 0 aliphatic heterocycles. The smallest absolute Gasteiger partial charge is 0.359 e. The average molecular weight is 387 g/mol. The Morgan fingerprint density at radius 2 is 1.94 bits per heavy atom. The summed E-state index contributed by atoms with van der Waals surface area (Å²) < 4.78 is 38.5. The third-order valence-corrected chi connectivity index (χ3v) is 4.10. The lowest BCUT2D eigenvalue weighted by atomic mass is 10.2. The predicted molar refractivity (Wildman–Crippen MR) is 73.2 cm³/mol. The van der Waals surface area contributed by atoms with E-state index in [2.05, 4.69) is 31.9 Å². The Morgan fingerprint density at radius 1 is 1.28 bits per heavy atom. The molecule has 0 spiro atoms. The van der Waals surface area contributed by atoms with Gasteiger partial charge in [-0.15, -0.1) is 0 Å². The number of nitrogens with zero attached hydrogens (tertiary/aromatic N) is 1. The van der Waals surface area contributed by atoms with Crippen molar-refractivity contribution in [2.24, 2.45) is 0 Å². The van der Waals surface area contributed by atoms with E-state index in [0.29, 0.717) is 11.0 Å². The molecule has 0 atom stereocenters. The van der Waals surface area contributed by atoms with Gasteiger partial charge >= 0.3 is 6.18 Å². The fourth-order valence-corrected chi connectivity index (χ4v) is 2.86. The van der Waals surface area contributed by atoms with Gasteiger partial charge in [0, 0.05) is 15.8 Å². The zero-order valence-electron chi connectivity index (χ0n) is 9.47. The van der Waals surface area contributed by atoms with Gasteiger partial charge < -0.3 is 4.90 Å². The van der Waals surface area contributed by atoms with E-state index in [1.165, 1.54) is 4.90 Å². The number of alkyl halides is 4. The van der Waals surface area contributed by atoms with Crippen molar-refractivity contribution in [2.45, 2.75) is 30.4 Å². The summed E-state index contributed by atoms with van der Waals surface area (Å²) in [7, 11) is 0. The van der Waals surface area contributed by atoms with Crippen molar-refractivity contribution in [3.63, 3.8) is 0 Å². The van der Waals surface area contributed by atoms with Gasteiger partial charge in [0.25, 0.3) is 0 Å². The summed E-state index contributed by atoms with van der Waals surface area (Å²) in [5.74, 6) is 0. The molecule has 100 valence electrons. The second kappa shape index (κ2) is 5.41. The molecular formula is C12H12Br2F3N. The molecule has 0 N–H and O–H groups in total. The van der Waals surface area contributed by atoms with Crippen molar-refractivity contribution in [1.82, 2.24) is 0 Å². The molecule has 1 aromatic rings. The fraction of sp³-hybridized carbons (Fsp3) is 0.500. The first kappa shape index (κ1) is 14.2. The molecule has 0 heterocycles. The predicted octanol–water partition coefficient (Wildman–Crippen LogP) is 4.88. The minimum absolute atomic E-state index is 0.0257. The second-order valence-electron chi connectivity index (χ2n) is 4.39. The summed E-state index contributed by atoms with van der Waals surface area (Å²) in [5, 5.41) is 0.689. The highest BCUT2D eigenvalue weighted by molar-refractivity contribution is 9.10. The van der Waals surface area contributed by atoms with Crippen molar-refractivity contribution < 1.29 is 13.2 Å². The highest BCUT2D eigenvalue weighted by atomic mass is 79.9. The molecule has 0 aromatic heterocycles. The van der Waals surface area contributed by atoms with Gasteiger partial charge in [-0.1, -0.05) is 22.0 Å². The lowest BCUT2D eigenvalue weighted by Gasteiger charge is -2.27. The Kier molecular flexibility index (Phi) is 4.26. The first-order valence-corrected chi connectivity index (χ1v) is 7.50. The van der Waals surface area contributed by atoms with Crippen molar-refractivity contribution in [3.05, 3.63) is 28.2 Å². The lowest BCUT2D eigenvalue weighted by molar-refractivity contribution is -0.120. The first-order chi connectivity index (χ1) is 8.40. The van der Waals surface area contributed by atoms with Crippen molar-refractivity contribution in [3.8, 4) is 0 Å². The Hall–Kier alpha value is -0.230. The maximum atomic E-state index is 12.6. The highest BCUT2D eigenvalue weighted by Gasteiger charge is 2.38. The van der Waals surface area contributed by atoms with Gasteiger partial charge in [0.2, 0.25) is 0 Å². The van der Waals surface area contributed by atoms with Crippen LogP contribution in [0, 0.1) is 0 Å². The Bertz CT molecular complexity index is 430. The molecule has 0 radical (unpaired) electrons. The first-order valence-electron chi connectivity index (χ1n) is 5.58. The van der Waals surface area contributed by atoms with Crippen LogP contribution in [-0.2, 0) is 5.33 Å². The SMILES string of the molecule is FC(F)(F)CN(c1ccc(CBr)cc1Br)C1CC1. The zero-order chi connectivity index (χ0) is 13.3. The van der Waals surface area contributed by atoms with Gasteiger partial charge in [0.15, 0.2) is 0 Å². The van der Waals surface area contributed by atoms with Crippen LogP contribution in [0.25, 0.3) is 0 Å². The highest BCUT2D eigenvalue weighted by Crippen LogP contribution is 2.38. The fourth-order valence-electron chi connectivity index (χ4n) is 1.86. The molecule has 1 nitrogen and oxygen atoms in total. The normalized spacial score (nSPS) is 15.8. The van der Waals surface area contributed by atoms with Crippen molar-refractivity contribution >= 4 is 37.5 Å². The summed E-state index contributed by atoms with van der Waals surface area (Å²) in [6.45, 7) is -0.885. The number of hydrogen-bond acceptors (Lipinski definition) is 1. The van der Waals surface area contributed by atoms with Gasteiger partial charge in [-0.3, -0.25) is 0 Å². The number of benzene rings is 1. The molecule has 0 saturated heterocycles. The van der Waals surface area contributed by atoms with Crippen LogP contribution in [0.3, 0.4) is 0 Å². The molecule has 1 aromatic carbocycles. The lowest BCUT2D eigenvalue weighted by Crippen LogP contribution is -2.36. The van der Waals surface area contributed by atoms with Gasteiger partial charge in [-0.2, -0.15) is 13.2 Å². The van der Waals surface area contributed by atoms with Crippen LogP contribution in [0.1, 0.15) is 18.4 Å². The maximum Gasteiger partial charge on any atom is 0.405 e. The standard InChI is InChI=1S/C12H12Br2F3N/c13-6-8-1-4-11(10(14)5-8)18(9-2-3-9)7-12(15,16)17/h1,4-5,9H,2-3,6-7H2. The second-order valence-corrected chi connectivity index (χ2v) is 5.81. The largest absolute Gasteiger partial charge is 0.405 e. The minimum atomic E-state index is -4.17. The van der Waals surface area contributed by atoms with E-state index in [9.17, 15) is 13.2 Å². The third kappa shape index (κ3) is 3.63. The summed E-state index contributed by atoms with van der Waals surface area (Å²) in [6, 6.07) is 5.49. The molecule has 2 rings (SSSR count). The molecule has 1 aliphatic rings. The molecule has 0 amide bonds. The number of anilines is 1. The number of halogens is 5. The monoisotopic (exact) mass is 385 g/mol. The Balaban J connectivity index is 2.25. The van der Waals surface area contributed by atoms with Crippen LogP contribution < -0.4 is 4.90 Å². The maximum absolute atomic E-state index is 12.6. The van der Waals surface area contributed by atoms with E-state index in [4.69, 9.17) is 0 Å². The molecule has 1 saturated carbocycles. The summed E-state index contributed by atoms with van der Waals surface area (Å²) in [5.41, 5.74) is 1.66. The number of rotatable bonds is 4. The zero-order valence-corrected chi connectivity index (χ0v) is 12.6. The van der Waals surface area contributed by atoms with Crippen LogP contribution in [-0.4, -0.2) is 18.8 Å². The molecule has 0 unspecified atom stereocenters. The summed E-state index contributed by atoms with van der Waals surface area (Å²) in [4.78, 5) is 1.45. The van der Waals surface area contributed by atoms with E-state index >= 15 is 0 Å². The Morgan fingerprint density at radius 3 is 2.39 bits per heavy atom. The summed E-state index contributed by atoms with van der Waals surface area (Å²) in [6.07, 6.45) is -2.50. The van der Waals surface area contributed by atoms with E-state index in [1.807, 2.05) is 12.1 Å². The van der Waals surface area contributed by atoms with Crippen molar-refractivity contribution in [1.29, 1.82) is 0 Å². The molecule has 6 heteroatoms. The molecule has 18 heavy (non-hydrogen) atoms. The minimum Gasteiger partial charge on any atom is -0.359 e. The molecular weight excluding hydrogens is 375 g/mol. The van der Waals surface area contributed by atoms with E-state index in [0.717, 1.165) is 22.9 Å². The van der Waals surface area contributed by atoms with Crippen LogP contribution in [0.15, 0.2) is 22.7 Å². The van der Waals surface area contributed by atoms with Gasteiger partial charge in [-0.25, -0.2) is 0 Å². The van der Waals surface area contributed by atoms with Crippen LogP contribution in [0.4, 0.5) is 18.9 Å². The quantitative estimate of drug-likeness (QED) is 0.667. The Labute approximate surface area is 121 Å². The van der Waals surface area contributed by atoms with Crippen LogP contribution >= 0.6 is 31.9 Å². The molecule has 0 bridgehead atoms. The average Bonchev–Trinajstić information content (AvgIpc) is 3.08. The van der Waals surface area contributed by atoms with Crippen LogP contribution in [0.2, 0.25) is 0 Å². The van der Waals surface area contributed by atoms with Crippen molar-refractivity contribution in [2.75, 3.05) is 11.4 Å². The molecule has 1 fully saturated rings. The van der Waals surface area contributed by atoms with E-state index in [1.54, 1.807) is 6.07 Å². The summed E-state index contributed by atoms with van der Waals surface area (Å²) >= 11 is 6.69. The third-order valence-electron chi connectivity index (χ3n) is 2.81. The topological polar surface area (TPSA) is 3.24 Å². The van der Waals surface area contributed by atoms with E-state index in [-0.39, 0.29) is 6.04 Å². The number of hydrogen-bond donors (Lipinski definition) is 0. The van der Waals surface area contributed by atoms with Gasteiger partial charge in [0.1, 0.15) is 6.54 Å².